The van der Waals surface area contributed by atoms with E-state index in [0.717, 1.165) is 54.4 Å². The van der Waals surface area contributed by atoms with Crippen LogP contribution in [0.2, 0.25) is 5.02 Å². The first kappa shape index (κ1) is 26.0. The maximum atomic E-state index is 5.96. The molecule has 0 aliphatic heterocycles. The number of nitrogens with one attached hydrogen (secondary N) is 1. The molecular weight excluding hydrogens is 519 g/mol. The average Bonchev–Trinajstić information content (AvgIpc) is 3.04. The summed E-state index contributed by atoms with van der Waals surface area (Å²) >= 11 is 7.61. The Morgan fingerprint density at radius 3 is 2.55 bits per heavy atom. The summed E-state index contributed by atoms with van der Waals surface area (Å²) in [6.45, 7) is 7.00. The lowest BCUT2D eigenvalue weighted by molar-refractivity contribution is 0.469. The predicted molar refractivity (Wildman–Crippen MR) is 135 cm³/mol. The third-order valence-electron chi connectivity index (χ3n) is 4.29. The number of aryl methyl sites for hydroxylation is 1. The highest BCUT2D eigenvalue weighted by Gasteiger charge is 2.13. The molecule has 162 valence electrons. The zero-order valence-corrected chi connectivity index (χ0v) is 21.8. The molecule has 0 spiro atoms. The smallest absolute Gasteiger partial charge is 0.193 e. The number of aliphatic imine (C=N–C) groups is 1. The van der Waals surface area contributed by atoms with E-state index in [1.165, 1.54) is 5.56 Å². The van der Waals surface area contributed by atoms with Crippen molar-refractivity contribution in [3.8, 4) is 0 Å². The van der Waals surface area contributed by atoms with Crippen LogP contribution in [0.5, 0.6) is 0 Å². The Morgan fingerprint density at radius 1 is 1.28 bits per heavy atom. The van der Waals surface area contributed by atoms with E-state index in [-0.39, 0.29) is 24.0 Å². The Balaban J connectivity index is 0.00000420. The summed E-state index contributed by atoms with van der Waals surface area (Å²) in [5, 5.41) is 13.9. The highest BCUT2D eigenvalue weighted by Crippen LogP contribution is 2.16. The second-order valence-corrected chi connectivity index (χ2v) is 8.38. The Kier molecular flexibility index (Phi) is 12.0. The highest BCUT2D eigenvalue weighted by molar-refractivity contribution is 14.0. The van der Waals surface area contributed by atoms with E-state index < -0.39 is 0 Å². The number of benzene rings is 1. The van der Waals surface area contributed by atoms with Gasteiger partial charge in [-0.25, -0.2) is 0 Å². The third kappa shape index (κ3) is 8.33. The number of thioether (sulfide) groups is 1. The maximum absolute atomic E-state index is 5.96. The minimum Gasteiger partial charge on any atom is -0.356 e. The second kappa shape index (κ2) is 13.3. The minimum absolute atomic E-state index is 0. The largest absolute Gasteiger partial charge is 0.356 e. The zero-order chi connectivity index (χ0) is 20.5. The van der Waals surface area contributed by atoms with Crippen LogP contribution >= 0.6 is 47.3 Å². The number of guanidine groups is 1. The molecule has 0 aliphatic carbocycles. The second-order valence-electron chi connectivity index (χ2n) is 7.17. The van der Waals surface area contributed by atoms with Crippen LogP contribution in [0.3, 0.4) is 0 Å². The van der Waals surface area contributed by atoms with Crippen LogP contribution in [0, 0.1) is 5.92 Å². The molecule has 0 radical (unpaired) electrons. The maximum Gasteiger partial charge on any atom is 0.193 e. The Hall–Kier alpha value is -1.000. The summed E-state index contributed by atoms with van der Waals surface area (Å²) in [6.07, 6.45) is 3.91. The molecular formula is C20H32ClIN6S. The van der Waals surface area contributed by atoms with Crippen molar-refractivity contribution in [2.45, 2.75) is 44.9 Å². The highest BCUT2D eigenvalue weighted by atomic mass is 127. The van der Waals surface area contributed by atoms with Crippen molar-refractivity contribution in [3.63, 3.8) is 0 Å². The van der Waals surface area contributed by atoms with E-state index in [1.54, 1.807) is 11.8 Å². The Bertz CT molecular complexity index is 763. The van der Waals surface area contributed by atoms with E-state index in [9.17, 15) is 0 Å². The molecule has 0 saturated carbocycles. The topological polar surface area (TPSA) is 58.3 Å². The van der Waals surface area contributed by atoms with Gasteiger partial charge in [-0.15, -0.1) is 34.2 Å². The van der Waals surface area contributed by atoms with Gasteiger partial charge in [0, 0.05) is 45.2 Å². The number of halogens is 2. The summed E-state index contributed by atoms with van der Waals surface area (Å²) in [5.74, 6) is 2.51. The molecule has 9 heteroatoms. The molecule has 0 fully saturated rings. The van der Waals surface area contributed by atoms with Crippen LogP contribution in [0.4, 0.5) is 0 Å². The van der Waals surface area contributed by atoms with Crippen LogP contribution in [0.1, 0.15) is 31.7 Å². The van der Waals surface area contributed by atoms with Crippen LogP contribution in [-0.2, 0) is 19.5 Å². The van der Waals surface area contributed by atoms with E-state index >= 15 is 0 Å². The van der Waals surface area contributed by atoms with Gasteiger partial charge in [0.25, 0.3) is 0 Å². The van der Waals surface area contributed by atoms with Crippen molar-refractivity contribution in [3.05, 3.63) is 40.7 Å². The summed E-state index contributed by atoms with van der Waals surface area (Å²) < 4.78 is 2.25. The molecule has 1 aromatic heterocycles. The molecule has 29 heavy (non-hydrogen) atoms. The molecule has 0 saturated heterocycles. The predicted octanol–water partition coefficient (Wildman–Crippen LogP) is 4.57. The van der Waals surface area contributed by atoms with Crippen molar-refractivity contribution >= 4 is 53.3 Å². The van der Waals surface area contributed by atoms with Gasteiger partial charge >= 0.3 is 0 Å². The molecule has 1 N–H and O–H groups in total. The quantitative estimate of drug-likeness (QED) is 0.163. The van der Waals surface area contributed by atoms with E-state index in [2.05, 4.69) is 43.8 Å². The first-order chi connectivity index (χ1) is 13.4. The third-order valence-corrected chi connectivity index (χ3v) is 5.21. The van der Waals surface area contributed by atoms with E-state index in [0.29, 0.717) is 5.92 Å². The van der Waals surface area contributed by atoms with Gasteiger partial charge in [0.1, 0.15) is 5.82 Å². The van der Waals surface area contributed by atoms with Gasteiger partial charge in [0.2, 0.25) is 0 Å². The Morgan fingerprint density at radius 2 is 1.97 bits per heavy atom. The summed E-state index contributed by atoms with van der Waals surface area (Å²) in [5.41, 5.74) is 1.20. The summed E-state index contributed by atoms with van der Waals surface area (Å²) in [6, 6.07) is 7.90. The molecule has 6 nitrogen and oxygen atoms in total. The lowest BCUT2D eigenvalue weighted by Crippen LogP contribution is -2.39. The van der Waals surface area contributed by atoms with Crippen LogP contribution in [0.15, 0.2) is 34.4 Å². The number of nitrogens with zero attached hydrogens (tertiary/aromatic N) is 5. The van der Waals surface area contributed by atoms with Gasteiger partial charge in [0.05, 0.1) is 0 Å². The molecule has 1 heterocycles. The van der Waals surface area contributed by atoms with Gasteiger partial charge in [-0.1, -0.05) is 49.3 Å². The molecule has 0 amide bonds. The number of hydrogen-bond donors (Lipinski definition) is 1. The Labute approximate surface area is 200 Å². The normalized spacial score (nSPS) is 11.5. The standard InChI is InChI=1S/C20H31ClN6S.HI/c1-15(2)13-27-18(24-25-20(27)28-5)7-6-12-23-19(22-3)26(4)14-16-8-10-17(21)11-9-16;/h8-11,15H,6-7,12-14H2,1-5H3,(H,22,23);1H. The summed E-state index contributed by atoms with van der Waals surface area (Å²) in [7, 11) is 3.85. The minimum atomic E-state index is 0. The van der Waals surface area contributed by atoms with Crippen molar-refractivity contribution < 1.29 is 0 Å². The SMILES string of the molecule is CN=C(NCCCc1nnc(SC)n1CC(C)C)N(C)Cc1ccc(Cl)cc1.I. The van der Waals surface area contributed by atoms with Gasteiger partial charge in [0.15, 0.2) is 11.1 Å². The molecule has 2 aromatic rings. The molecule has 0 unspecified atom stereocenters. The molecule has 1 aromatic carbocycles. The van der Waals surface area contributed by atoms with Crippen LogP contribution in [0.25, 0.3) is 0 Å². The fourth-order valence-electron chi connectivity index (χ4n) is 2.97. The number of hydrogen-bond acceptors (Lipinski definition) is 4. The van der Waals surface area contributed by atoms with Crippen LogP contribution in [-0.4, -0.2) is 52.5 Å². The molecule has 0 atom stereocenters. The summed E-state index contributed by atoms with van der Waals surface area (Å²) in [4.78, 5) is 6.50. The van der Waals surface area contributed by atoms with E-state index in [4.69, 9.17) is 11.6 Å². The van der Waals surface area contributed by atoms with Gasteiger partial charge in [-0.2, -0.15) is 0 Å². The van der Waals surface area contributed by atoms with Gasteiger partial charge in [-0.05, 0) is 36.3 Å². The van der Waals surface area contributed by atoms with Crippen LogP contribution < -0.4 is 5.32 Å². The van der Waals surface area contributed by atoms with Crippen molar-refractivity contribution in [2.24, 2.45) is 10.9 Å². The lowest BCUT2D eigenvalue weighted by atomic mass is 10.2. The molecule has 2 rings (SSSR count). The lowest BCUT2D eigenvalue weighted by Gasteiger charge is -2.22. The zero-order valence-electron chi connectivity index (χ0n) is 17.9. The monoisotopic (exact) mass is 550 g/mol. The number of aromatic nitrogens is 3. The van der Waals surface area contributed by atoms with Crippen molar-refractivity contribution in [1.82, 2.24) is 25.0 Å². The molecule has 0 aliphatic rings. The van der Waals surface area contributed by atoms with Gasteiger partial charge < -0.3 is 14.8 Å². The fourth-order valence-corrected chi connectivity index (χ4v) is 3.62. The number of rotatable bonds is 9. The van der Waals surface area contributed by atoms with E-state index in [1.807, 2.05) is 44.6 Å². The molecule has 0 bridgehead atoms. The van der Waals surface area contributed by atoms with Gasteiger partial charge in [-0.3, -0.25) is 4.99 Å². The first-order valence-corrected chi connectivity index (χ1v) is 11.2. The first-order valence-electron chi connectivity index (χ1n) is 9.56. The van der Waals surface area contributed by atoms with Crippen molar-refractivity contribution in [2.75, 3.05) is 26.9 Å². The fraction of sp³-hybridized carbons (Fsp3) is 0.550. The average molecular weight is 551 g/mol. The van der Waals surface area contributed by atoms with Crippen molar-refractivity contribution in [1.29, 1.82) is 0 Å².